The lowest BCUT2D eigenvalue weighted by Gasteiger charge is -2.27. The maximum Gasteiger partial charge on any atom is 0.490 e. The second-order valence-electron chi connectivity index (χ2n) is 6.01. The Morgan fingerprint density at radius 2 is 1.88 bits per heavy atom. The van der Waals surface area contributed by atoms with Gasteiger partial charge < -0.3 is 40.3 Å². The summed E-state index contributed by atoms with van der Waals surface area (Å²) in [5, 5.41) is 20.6. The van der Waals surface area contributed by atoms with Crippen molar-refractivity contribution >= 4 is 41.5 Å². The number of hydrogen-bond donors (Lipinski definition) is 7. The van der Waals surface area contributed by atoms with Crippen molar-refractivity contribution in [1.29, 1.82) is 0 Å². The number of ether oxygens (including phenoxy) is 1. The Balaban J connectivity index is 2.25. The molecular formula is C11H15FN3O13P3S. The van der Waals surface area contributed by atoms with Crippen LogP contribution in [0.4, 0.5) is 10.2 Å². The molecule has 2 heterocycles. The van der Waals surface area contributed by atoms with Crippen LogP contribution in [0.15, 0.2) is 6.20 Å². The van der Waals surface area contributed by atoms with E-state index in [1.54, 1.807) is 0 Å². The minimum absolute atomic E-state index is 0.402. The van der Waals surface area contributed by atoms with Gasteiger partial charge in [0.1, 0.15) is 18.8 Å². The molecule has 0 amide bonds. The van der Waals surface area contributed by atoms with Gasteiger partial charge in [-0.25, -0.2) is 18.1 Å². The van der Waals surface area contributed by atoms with E-state index in [1.165, 1.54) is 0 Å². The summed E-state index contributed by atoms with van der Waals surface area (Å²) in [4.78, 5) is 39.2. The molecule has 1 fully saturated rings. The van der Waals surface area contributed by atoms with Crippen LogP contribution >= 0.6 is 35.7 Å². The maximum atomic E-state index is 13.8. The number of nitrogens with two attached hydrogens (primary N) is 1. The largest absolute Gasteiger partial charge is 0.490 e. The van der Waals surface area contributed by atoms with Gasteiger partial charge in [0.25, 0.3) is 0 Å². The third-order valence-corrected chi connectivity index (χ3v) is 7.82. The van der Waals surface area contributed by atoms with Crippen molar-refractivity contribution in [3.05, 3.63) is 16.8 Å². The predicted molar refractivity (Wildman–Crippen MR) is 101 cm³/mol. The molecule has 32 heavy (non-hydrogen) atoms. The van der Waals surface area contributed by atoms with Crippen molar-refractivity contribution in [1.82, 2.24) is 9.55 Å². The zero-order chi connectivity index (χ0) is 24.7. The molecule has 3 unspecified atom stereocenters. The minimum atomic E-state index is -5.82. The molecule has 1 aliphatic rings. The van der Waals surface area contributed by atoms with Crippen molar-refractivity contribution in [2.45, 2.75) is 24.0 Å². The van der Waals surface area contributed by atoms with E-state index in [1.807, 2.05) is 5.92 Å². The fourth-order valence-electron chi connectivity index (χ4n) is 2.41. The van der Waals surface area contributed by atoms with Crippen LogP contribution in [0.3, 0.4) is 0 Å². The van der Waals surface area contributed by atoms with Gasteiger partial charge in [-0.1, -0.05) is 5.92 Å². The lowest BCUT2D eigenvalue weighted by Crippen LogP contribution is -2.45. The van der Waals surface area contributed by atoms with Crippen LogP contribution in [0, 0.1) is 22.9 Å². The van der Waals surface area contributed by atoms with E-state index in [9.17, 15) is 33.2 Å². The van der Waals surface area contributed by atoms with Gasteiger partial charge in [0.15, 0.2) is 23.5 Å². The monoisotopic (exact) mass is 541 g/mol. The number of rotatable bonds is 8. The normalized spacial score (nSPS) is 29.8. The molecule has 1 aromatic rings. The van der Waals surface area contributed by atoms with Gasteiger partial charge in [-0.05, 0) is 12.2 Å². The molecule has 1 aromatic heterocycles. The van der Waals surface area contributed by atoms with E-state index in [0.29, 0.717) is 6.20 Å². The number of phosphoric ester groups is 1. The van der Waals surface area contributed by atoms with Crippen molar-refractivity contribution in [2.75, 3.05) is 12.3 Å². The standard InChI is InChI=1S/C11H15FN3O13P3S/c1-2-11(4-25-30(21,22)28-31(23,24)27-29(18,19)20)7(17)6(16)9(26-11)15-3-5(12)8(13)14-10(15)32/h1,3,6-7,9,16-17H,4H2,(H,21,22)(H,23,24)(H2,13,14,32)(H2,18,19,20)/t6-,7?,9+,11+/m0/s1. The molecule has 0 saturated carbocycles. The number of phosphoric acid groups is 3. The Morgan fingerprint density at radius 3 is 2.41 bits per heavy atom. The van der Waals surface area contributed by atoms with Gasteiger partial charge >= 0.3 is 23.5 Å². The van der Waals surface area contributed by atoms with Gasteiger partial charge in [-0.15, -0.1) is 6.42 Å². The number of nitrogens with zero attached hydrogens (tertiary/aromatic N) is 2. The van der Waals surface area contributed by atoms with Gasteiger partial charge in [0, 0.05) is 6.20 Å². The number of hydrogen-bond acceptors (Lipinski definition) is 12. The van der Waals surface area contributed by atoms with Crippen molar-refractivity contribution in [2.24, 2.45) is 0 Å². The van der Waals surface area contributed by atoms with E-state index in [4.69, 9.17) is 43.8 Å². The van der Waals surface area contributed by atoms with E-state index >= 15 is 0 Å². The highest BCUT2D eigenvalue weighted by Gasteiger charge is 2.56. The first kappa shape index (κ1) is 27.1. The molecular weight excluding hydrogens is 526 g/mol. The first-order valence-corrected chi connectivity index (χ1v) is 12.7. The average Bonchev–Trinajstić information content (AvgIpc) is 2.85. The zero-order valence-corrected chi connectivity index (χ0v) is 18.7. The molecule has 6 atom stereocenters. The Morgan fingerprint density at radius 1 is 1.28 bits per heavy atom. The third-order valence-electron chi connectivity index (χ3n) is 3.74. The quantitative estimate of drug-likeness (QED) is 0.122. The summed E-state index contributed by atoms with van der Waals surface area (Å²) in [5.41, 5.74) is 2.84. The first-order valence-electron chi connectivity index (χ1n) is 7.76. The van der Waals surface area contributed by atoms with Crippen LogP contribution in [0.25, 0.3) is 0 Å². The smallest absolute Gasteiger partial charge is 0.386 e. The lowest BCUT2D eigenvalue weighted by molar-refractivity contribution is -0.0916. The molecule has 1 aliphatic heterocycles. The van der Waals surface area contributed by atoms with Crippen LogP contribution < -0.4 is 5.73 Å². The molecule has 16 nitrogen and oxygen atoms in total. The SMILES string of the molecule is C#C[C@]1(COP(=O)(O)OP(=O)(O)OP(=O)(O)O)O[C@@H](n2cc(F)c(N)nc2=S)[C@@H](O)C1O. The summed E-state index contributed by atoms with van der Waals surface area (Å²) >= 11 is 4.87. The highest BCUT2D eigenvalue weighted by Crippen LogP contribution is 2.66. The summed E-state index contributed by atoms with van der Waals surface area (Å²) in [6, 6.07) is 0. The van der Waals surface area contributed by atoms with Gasteiger partial charge in [0.05, 0.1) is 0 Å². The number of anilines is 1. The summed E-state index contributed by atoms with van der Waals surface area (Å²) < 4.78 is 64.7. The van der Waals surface area contributed by atoms with Crippen molar-refractivity contribution in [3.63, 3.8) is 0 Å². The van der Waals surface area contributed by atoms with Crippen molar-refractivity contribution < 1.29 is 65.8 Å². The molecule has 2 rings (SSSR count). The fraction of sp³-hybridized carbons (Fsp3) is 0.455. The second kappa shape index (κ2) is 9.26. The number of aromatic nitrogens is 2. The van der Waals surface area contributed by atoms with Crippen LogP contribution in [0.2, 0.25) is 0 Å². The Labute approximate surface area is 182 Å². The van der Waals surface area contributed by atoms with Crippen LogP contribution in [-0.4, -0.2) is 63.8 Å². The van der Waals surface area contributed by atoms with Crippen LogP contribution in [-0.2, 0) is 31.6 Å². The molecule has 180 valence electrons. The van der Waals surface area contributed by atoms with Gasteiger partial charge in [-0.3, -0.25) is 9.09 Å². The first-order chi connectivity index (χ1) is 14.4. The highest BCUT2D eigenvalue weighted by molar-refractivity contribution is 7.71. The molecule has 0 bridgehead atoms. The van der Waals surface area contributed by atoms with E-state index < -0.39 is 70.5 Å². The summed E-state index contributed by atoms with van der Waals surface area (Å²) in [7, 11) is -17.1. The zero-order valence-electron chi connectivity index (χ0n) is 15.2. The lowest BCUT2D eigenvalue weighted by atomic mass is 9.97. The second-order valence-corrected chi connectivity index (χ2v) is 10.8. The maximum absolute atomic E-state index is 13.8. The van der Waals surface area contributed by atoms with Crippen LogP contribution in [0.5, 0.6) is 0 Å². The predicted octanol–water partition coefficient (Wildman–Crippen LogP) is -0.700. The molecule has 21 heteroatoms. The van der Waals surface area contributed by atoms with Crippen molar-refractivity contribution in [3.8, 4) is 12.3 Å². The molecule has 8 N–H and O–H groups in total. The fourth-order valence-corrected chi connectivity index (χ4v) is 5.71. The molecule has 0 radical (unpaired) electrons. The topological polar surface area (TPSA) is 253 Å². The third kappa shape index (κ3) is 6.26. The van der Waals surface area contributed by atoms with E-state index in [0.717, 1.165) is 4.57 Å². The highest BCUT2D eigenvalue weighted by atomic mass is 32.1. The Hall–Kier alpha value is -1.12. The van der Waals surface area contributed by atoms with E-state index in [-0.39, 0.29) is 0 Å². The van der Waals surface area contributed by atoms with Gasteiger partial charge in [-0.2, -0.15) is 13.6 Å². The van der Waals surface area contributed by atoms with Gasteiger partial charge in [0.2, 0.25) is 4.77 Å². The number of terminal acetylenes is 1. The average molecular weight is 541 g/mol. The molecule has 1 saturated heterocycles. The Kier molecular flexibility index (Phi) is 7.85. The number of halogens is 1. The Bertz CT molecular complexity index is 1140. The number of aliphatic hydroxyl groups excluding tert-OH is 2. The number of nitrogen functional groups attached to an aromatic ring is 1. The number of aliphatic hydroxyl groups is 2. The molecule has 0 aromatic carbocycles. The summed E-state index contributed by atoms with van der Waals surface area (Å²) in [6.45, 7) is -1.29. The van der Waals surface area contributed by atoms with E-state index in [2.05, 4.69) is 18.1 Å². The van der Waals surface area contributed by atoms with Crippen LogP contribution in [0.1, 0.15) is 6.23 Å². The molecule has 0 aliphatic carbocycles. The minimum Gasteiger partial charge on any atom is -0.386 e. The summed E-state index contributed by atoms with van der Waals surface area (Å²) in [6.07, 6.45) is 0.279. The summed E-state index contributed by atoms with van der Waals surface area (Å²) in [5.74, 6) is 0.210. The molecule has 0 spiro atoms.